The molecule has 2 amide bonds. The Kier molecular flexibility index (Phi) is 7.58. The Hall–Kier alpha value is -2.23. The number of halogens is 1. The first-order chi connectivity index (χ1) is 12.0. The van der Waals surface area contributed by atoms with E-state index in [1.54, 1.807) is 30.3 Å². The van der Waals surface area contributed by atoms with Gasteiger partial charge in [0.2, 0.25) is 5.91 Å². The summed E-state index contributed by atoms with van der Waals surface area (Å²) in [5, 5.41) is 4.31. The molecule has 1 aromatic carbocycles. The number of benzene rings is 1. The molecule has 25 heavy (non-hydrogen) atoms. The van der Waals surface area contributed by atoms with Gasteiger partial charge in [-0.05, 0) is 54.0 Å². The first-order valence-corrected chi connectivity index (χ1v) is 9.11. The number of hydrogen-bond acceptors (Lipinski definition) is 5. The number of nitrogens with one attached hydrogen (secondary N) is 3. The predicted molar refractivity (Wildman–Crippen MR) is 105 cm³/mol. The summed E-state index contributed by atoms with van der Waals surface area (Å²) in [7, 11) is 0. The Balaban J connectivity index is 1.65. The largest absolute Gasteiger partial charge is 0.484 e. The molecule has 130 valence electrons. The van der Waals surface area contributed by atoms with E-state index in [0.717, 1.165) is 9.35 Å². The molecule has 6 nitrogen and oxygen atoms in total. The van der Waals surface area contributed by atoms with Crippen LogP contribution in [0.15, 0.2) is 52.3 Å². The van der Waals surface area contributed by atoms with Crippen LogP contribution in [0.25, 0.3) is 6.08 Å². The fourth-order valence-corrected chi connectivity index (χ4v) is 2.60. The van der Waals surface area contributed by atoms with E-state index in [4.69, 9.17) is 17.0 Å². The van der Waals surface area contributed by atoms with Crippen molar-refractivity contribution < 1.29 is 14.3 Å². The molecule has 0 aliphatic rings. The molecule has 0 saturated heterocycles. The van der Waals surface area contributed by atoms with Crippen LogP contribution in [0.1, 0.15) is 4.88 Å². The van der Waals surface area contributed by atoms with Crippen molar-refractivity contribution in [3.63, 3.8) is 0 Å². The lowest BCUT2D eigenvalue weighted by Gasteiger charge is -2.10. The number of thiocarbonyl (C=S) groups is 1. The molecular formula is C16H14BrN3O3S2. The van der Waals surface area contributed by atoms with Crippen LogP contribution >= 0.6 is 39.5 Å². The van der Waals surface area contributed by atoms with E-state index in [1.165, 1.54) is 17.4 Å². The van der Waals surface area contributed by atoms with E-state index in [-0.39, 0.29) is 11.7 Å². The number of thiophene rings is 1. The van der Waals surface area contributed by atoms with Crippen LogP contribution in [0.3, 0.4) is 0 Å². The first kappa shape index (κ1) is 19.1. The summed E-state index contributed by atoms with van der Waals surface area (Å²) < 4.78 is 6.22. The van der Waals surface area contributed by atoms with Crippen LogP contribution in [0.4, 0.5) is 0 Å². The highest BCUT2D eigenvalue weighted by Gasteiger charge is 2.05. The Bertz CT molecular complexity index is 761. The Labute approximate surface area is 162 Å². The van der Waals surface area contributed by atoms with Gasteiger partial charge in [-0.2, -0.15) is 0 Å². The van der Waals surface area contributed by atoms with Crippen molar-refractivity contribution >= 4 is 62.5 Å². The zero-order valence-corrected chi connectivity index (χ0v) is 16.0. The number of carbonyl (C=O) groups excluding carboxylic acids is 2. The predicted octanol–water partition coefficient (Wildman–Crippen LogP) is 2.62. The topological polar surface area (TPSA) is 79.5 Å². The minimum Gasteiger partial charge on any atom is -0.484 e. The van der Waals surface area contributed by atoms with Gasteiger partial charge in [-0.1, -0.05) is 22.0 Å². The van der Waals surface area contributed by atoms with Crippen LogP contribution in [0, 0.1) is 0 Å². The van der Waals surface area contributed by atoms with Crippen molar-refractivity contribution in [3.8, 4) is 5.75 Å². The number of ether oxygens (including phenoxy) is 1. The monoisotopic (exact) mass is 439 g/mol. The second-order valence-electron chi connectivity index (χ2n) is 4.58. The molecule has 0 aliphatic carbocycles. The molecule has 9 heteroatoms. The van der Waals surface area contributed by atoms with Crippen molar-refractivity contribution in [2.75, 3.05) is 6.61 Å². The van der Waals surface area contributed by atoms with E-state index >= 15 is 0 Å². The van der Waals surface area contributed by atoms with Gasteiger partial charge in [-0.25, -0.2) is 0 Å². The van der Waals surface area contributed by atoms with Crippen molar-refractivity contribution in [2.24, 2.45) is 0 Å². The number of rotatable bonds is 5. The minimum atomic E-state index is -0.436. The van der Waals surface area contributed by atoms with E-state index in [9.17, 15) is 9.59 Å². The minimum absolute atomic E-state index is 0.0159. The molecule has 0 radical (unpaired) electrons. The van der Waals surface area contributed by atoms with Gasteiger partial charge in [-0.3, -0.25) is 25.8 Å². The molecule has 0 saturated carbocycles. The molecular weight excluding hydrogens is 426 g/mol. The zero-order chi connectivity index (χ0) is 18.1. The summed E-state index contributed by atoms with van der Waals surface area (Å²) >= 11 is 9.74. The van der Waals surface area contributed by atoms with E-state index < -0.39 is 11.8 Å². The van der Waals surface area contributed by atoms with Crippen LogP contribution in [0.5, 0.6) is 5.75 Å². The van der Waals surface area contributed by atoms with Gasteiger partial charge in [0.1, 0.15) is 5.75 Å². The smallest absolute Gasteiger partial charge is 0.276 e. The SMILES string of the molecule is O=C(C=Cc1cccs1)NC(=S)NNC(=O)COc1ccc(Br)cc1. The van der Waals surface area contributed by atoms with Crippen molar-refractivity contribution in [3.05, 3.63) is 57.2 Å². The summed E-state index contributed by atoms with van der Waals surface area (Å²) in [6.07, 6.45) is 3.03. The average molecular weight is 440 g/mol. The van der Waals surface area contributed by atoms with Crippen molar-refractivity contribution in [1.29, 1.82) is 0 Å². The number of hydrazine groups is 1. The van der Waals surface area contributed by atoms with Gasteiger partial charge in [0, 0.05) is 15.4 Å². The third-order valence-corrected chi connectivity index (χ3v) is 4.25. The van der Waals surface area contributed by atoms with E-state index in [0.29, 0.717) is 5.75 Å². The number of hydrogen-bond donors (Lipinski definition) is 3. The quantitative estimate of drug-likeness (QED) is 0.379. The Morgan fingerprint density at radius 2 is 1.96 bits per heavy atom. The van der Waals surface area contributed by atoms with Crippen LogP contribution in [-0.4, -0.2) is 23.5 Å². The normalized spacial score (nSPS) is 10.3. The fourth-order valence-electron chi connectivity index (χ4n) is 1.57. The van der Waals surface area contributed by atoms with Gasteiger partial charge >= 0.3 is 0 Å². The molecule has 3 N–H and O–H groups in total. The molecule has 0 aliphatic heterocycles. The highest BCUT2D eigenvalue weighted by atomic mass is 79.9. The second-order valence-corrected chi connectivity index (χ2v) is 6.89. The van der Waals surface area contributed by atoms with Gasteiger partial charge in [-0.15, -0.1) is 11.3 Å². The molecule has 0 unspecified atom stereocenters. The van der Waals surface area contributed by atoms with Gasteiger partial charge in [0.15, 0.2) is 11.7 Å². The molecule has 2 rings (SSSR count). The molecule has 1 aromatic heterocycles. The Morgan fingerprint density at radius 1 is 1.20 bits per heavy atom. The van der Waals surface area contributed by atoms with Crippen molar-refractivity contribution in [1.82, 2.24) is 16.2 Å². The van der Waals surface area contributed by atoms with Gasteiger partial charge in [0.25, 0.3) is 5.91 Å². The maximum atomic E-state index is 11.7. The fraction of sp³-hybridized carbons (Fsp3) is 0.0625. The lowest BCUT2D eigenvalue weighted by atomic mass is 10.3. The summed E-state index contributed by atoms with van der Waals surface area (Å²) in [6.45, 7) is -0.191. The van der Waals surface area contributed by atoms with Gasteiger partial charge in [0.05, 0.1) is 0 Å². The average Bonchev–Trinajstić information content (AvgIpc) is 3.11. The summed E-state index contributed by atoms with van der Waals surface area (Å²) in [5.74, 6) is -0.271. The summed E-state index contributed by atoms with van der Waals surface area (Å²) in [6, 6.07) is 10.8. The van der Waals surface area contributed by atoms with Crippen molar-refractivity contribution in [2.45, 2.75) is 0 Å². The highest BCUT2D eigenvalue weighted by molar-refractivity contribution is 9.10. The second kappa shape index (κ2) is 9.92. The number of carbonyl (C=O) groups is 2. The summed E-state index contributed by atoms with van der Waals surface area (Å²) in [5.41, 5.74) is 4.77. The molecule has 2 aromatic rings. The Morgan fingerprint density at radius 3 is 2.64 bits per heavy atom. The highest BCUT2D eigenvalue weighted by Crippen LogP contribution is 2.15. The van der Waals surface area contributed by atoms with E-state index in [1.807, 2.05) is 17.5 Å². The van der Waals surface area contributed by atoms with E-state index in [2.05, 4.69) is 32.1 Å². The molecule has 1 heterocycles. The molecule has 0 atom stereocenters. The molecule has 0 fully saturated rings. The third-order valence-electron chi connectivity index (χ3n) is 2.68. The molecule has 0 bridgehead atoms. The maximum Gasteiger partial charge on any atom is 0.276 e. The first-order valence-electron chi connectivity index (χ1n) is 7.02. The maximum absolute atomic E-state index is 11.7. The number of amides is 2. The van der Waals surface area contributed by atoms with Crippen LogP contribution in [-0.2, 0) is 9.59 Å². The standard InChI is InChI=1S/C16H14BrN3O3S2/c17-11-3-5-12(6-4-11)23-10-15(22)19-20-16(24)18-14(21)8-7-13-2-1-9-25-13/h1-9H,10H2,(H,19,22)(H2,18,20,21,24). The van der Waals surface area contributed by atoms with Crippen LogP contribution in [0.2, 0.25) is 0 Å². The molecule has 0 spiro atoms. The third kappa shape index (κ3) is 7.46. The lowest BCUT2D eigenvalue weighted by Crippen LogP contribution is -2.49. The van der Waals surface area contributed by atoms with Crippen LogP contribution < -0.4 is 20.9 Å². The lowest BCUT2D eigenvalue weighted by molar-refractivity contribution is -0.123. The zero-order valence-electron chi connectivity index (χ0n) is 12.8. The summed E-state index contributed by atoms with van der Waals surface area (Å²) in [4.78, 5) is 24.3. The van der Waals surface area contributed by atoms with Gasteiger partial charge < -0.3 is 4.74 Å².